The third-order valence-corrected chi connectivity index (χ3v) is 2.57. The molecule has 0 spiro atoms. The second kappa shape index (κ2) is 3.60. The van der Waals surface area contributed by atoms with Crippen LogP contribution >= 0.6 is 23.4 Å². The van der Waals surface area contributed by atoms with Gasteiger partial charge in [-0.3, -0.25) is 0 Å². The maximum Gasteiger partial charge on any atom is 0.117 e. The largest absolute Gasteiger partial charge is 0.341 e. The maximum absolute atomic E-state index is 5.85. The van der Waals surface area contributed by atoms with Crippen molar-refractivity contribution in [1.82, 2.24) is 9.97 Å². The minimum Gasteiger partial charge on any atom is -0.341 e. The molecule has 0 fully saturated rings. The molecule has 0 saturated carbocycles. The van der Waals surface area contributed by atoms with Crippen LogP contribution in [-0.4, -0.2) is 16.2 Å². The van der Waals surface area contributed by atoms with Crippen molar-refractivity contribution in [2.75, 3.05) is 6.26 Å². The lowest BCUT2D eigenvalue weighted by molar-refractivity contribution is 1.14. The van der Waals surface area contributed by atoms with Gasteiger partial charge in [0.1, 0.15) is 5.82 Å². The van der Waals surface area contributed by atoms with E-state index in [4.69, 9.17) is 11.6 Å². The number of nitrogens with zero attached hydrogens (tertiary/aromatic N) is 1. The SMILES string of the molecule is CSCc1nc2ccc(Cl)cc2[nH]1. The normalized spacial score (nSPS) is 10.9. The minimum absolute atomic E-state index is 0.742. The molecule has 0 aliphatic carbocycles. The predicted octanol–water partition coefficient (Wildman–Crippen LogP) is 3.08. The number of halogens is 1. The Bertz CT molecular complexity index is 424. The van der Waals surface area contributed by atoms with E-state index in [2.05, 4.69) is 16.2 Å². The number of aromatic amines is 1. The van der Waals surface area contributed by atoms with Gasteiger partial charge in [-0.25, -0.2) is 4.98 Å². The zero-order chi connectivity index (χ0) is 9.26. The summed E-state index contributed by atoms with van der Waals surface area (Å²) in [4.78, 5) is 7.63. The lowest BCUT2D eigenvalue weighted by atomic mass is 10.3. The molecule has 0 bridgehead atoms. The highest BCUT2D eigenvalue weighted by molar-refractivity contribution is 7.97. The van der Waals surface area contributed by atoms with Crippen LogP contribution in [0.3, 0.4) is 0 Å². The first-order chi connectivity index (χ1) is 6.29. The van der Waals surface area contributed by atoms with E-state index >= 15 is 0 Å². The molecule has 2 rings (SSSR count). The van der Waals surface area contributed by atoms with Crippen molar-refractivity contribution in [3.05, 3.63) is 29.0 Å². The number of thioether (sulfide) groups is 1. The van der Waals surface area contributed by atoms with Crippen LogP contribution in [0.15, 0.2) is 18.2 Å². The number of aromatic nitrogens is 2. The van der Waals surface area contributed by atoms with Gasteiger partial charge in [-0.2, -0.15) is 11.8 Å². The molecule has 4 heteroatoms. The van der Waals surface area contributed by atoms with Gasteiger partial charge in [0.15, 0.2) is 0 Å². The quantitative estimate of drug-likeness (QED) is 0.829. The molecule has 1 aromatic heterocycles. The van der Waals surface area contributed by atoms with Crippen LogP contribution in [0.2, 0.25) is 5.02 Å². The molecule has 0 amide bonds. The number of benzene rings is 1. The molecule has 0 saturated heterocycles. The molecular weight excluding hydrogens is 204 g/mol. The van der Waals surface area contributed by atoms with Crippen LogP contribution in [0.4, 0.5) is 0 Å². The fourth-order valence-corrected chi connectivity index (χ4v) is 1.82. The van der Waals surface area contributed by atoms with Gasteiger partial charge in [0.2, 0.25) is 0 Å². The molecule has 2 aromatic rings. The summed E-state index contributed by atoms with van der Waals surface area (Å²) in [5.41, 5.74) is 1.99. The third kappa shape index (κ3) is 1.81. The van der Waals surface area contributed by atoms with Gasteiger partial charge < -0.3 is 4.98 Å². The van der Waals surface area contributed by atoms with Gasteiger partial charge in [0.25, 0.3) is 0 Å². The van der Waals surface area contributed by atoms with Crippen molar-refractivity contribution in [2.24, 2.45) is 0 Å². The molecule has 0 aliphatic rings. The fraction of sp³-hybridized carbons (Fsp3) is 0.222. The molecule has 0 atom stereocenters. The first-order valence-electron chi connectivity index (χ1n) is 3.92. The van der Waals surface area contributed by atoms with Gasteiger partial charge >= 0.3 is 0 Å². The topological polar surface area (TPSA) is 28.7 Å². The van der Waals surface area contributed by atoms with Crippen molar-refractivity contribution >= 4 is 34.4 Å². The van der Waals surface area contributed by atoms with Crippen LogP contribution in [0.5, 0.6) is 0 Å². The van der Waals surface area contributed by atoms with E-state index in [1.54, 1.807) is 11.8 Å². The summed E-state index contributed by atoms with van der Waals surface area (Å²) in [6.07, 6.45) is 2.06. The van der Waals surface area contributed by atoms with E-state index in [-0.39, 0.29) is 0 Å². The summed E-state index contributed by atoms with van der Waals surface area (Å²) in [6.45, 7) is 0. The molecule has 0 unspecified atom stereocenters. The van der Waals surface area contributed by atoms with E-state index in [9.17, 15) is 0 Å². The van der Waals surface area contributed by atoms with Gasteiger partial charge in [0, 0.05) is 5.02 Å². The molecule has 1 aromatic carbocycles. The first-order valence-corrected chi connectivity index (χ1v) is 5.70. The smallest absolute Gasteiger partial charge is 0.117 e. The Balaban J connectivity index is 2.49. The molecule has 1 heterocycles. The number of imidazole rings is 1. The average molecular weight is 213 g/mol. The van der Waals surface area contributed by atoms with E-state index in [0.717, 1.165) is 27.6 Å². The standard InChI is InChI=1S/C9H9ClN2S/c1-13-5-9-11-7-3-2-6(10)4-8(7)12-9/h2-4H,5H2,1H3,(H,11,12). The van der Waals surface area contributed by atoms with E-state index in [1.165, 1.54) is 0 Å². The summed E-state index contributed by atoms with van der Waals surface area (Å²) in [5.74, 6) is 1.91. The van der Waals surface area contributed by atoms with Crippen LogP contribution in [0, 0.1) is 0 Å². The monoisotopic (exact) mass is 212 g/mol. The Morgan fingerprint density at radius 2 is 2.38 bits per heavy atom. The van der Waals surface area contributed by atoms with E-state index in [0.29, 0.717) is 0 Å². The number of rotatable bonds is 2. The Kier molecular flexibility index (Phi) is 2.47. The highest BCUT2D eigenvalue weighted by Crippen LogP contribution is 2.18. The Morgan fingerprint density at radius 3 is 3.15 bits per heavy atom. The number of nitrogens with one attached hydrogen (secondary N) is 1. The van der Waals surface area contributed by atoms with Crippen molar-refractivity contribution in [1.29, 1.82) is 0 Å². The number of hydrogen-bond acceptors (Lipinski definition) is 2. The van der Waals surface area contributed by atoms with E-state index in [1.807, 2.05) is 18.2 Å². The van der Waals surface area contributed by atoms with Gasteiger partial charge in [-0.05, 0) is 24.5 Å². The van der Waals surface area contributed by atoms with Crippen molar-refractivity contribution in [3.8, 4) is 0 Å². The maximum atomic E-state index is 5.85. The average Bonchev–Trinajstić information content (AvgIpc) is 2.46. The van der Waals surface area contributed by atoms with Gasteiger partial charge in [0.05, 0.1) is 16.8 Å². The summed E-state index contributed by atoms with van der Waals surface area (Å²) in [7, 11) is 0. The molecule has 0 aliphatic heterocycles. The zero-order valence-corrected chi connectivity index (χ0v) is 8.75. The van der Waals surface area contributed by atoms with Gasteiger partial charge in [-0.15, -0.1) is 0 Å². The second-order valence-corrected chi connectivity index (χ2v) is 4.08. The Morgan fingerprint density at radius 1 is 1.54 bits per heavy atom. The summed E-state index contributed by atoms with van der Waals surface area (Å²) in [6, 6.07) is 5.68. The molecule has 0 radical (unpaired) electrons. The van der Waals surface area contributed by atoms with Crippen molar-refractivity contribution < 1.29 is 0 Å². The summed E-state index contributed by atoms with van der Waals surface area (Å²) >= 11 is 7.60. The predicted molar refractivity (Wildman–Crippen MR) is 58.3 cm³/mol. The third-order valence-electron chi connectivity index (χ3n) is 1.77. The lowest BCUT2D eigenvalue weighted by Crippen LogP contribution is -1.80. The fourth-order valence-electron chi connectivity index (χ4n) is 1.24. The Hall–Kier alpha value is -0.670. The molecule has 68 valence electrons. The van der Waals surface area contributed by atoms with Crippen LogP contribution in [0.25, 0.3) is 11.0 Å². The van der Waals surface area contributed by atoms with Crippen molar-refractivity contribution in [3.63, 3.8) is 0 Å². The van der Waals surface area contributed by atoms with E-state index < -0.39 is 0 Å². The highest BCUT2D eigenvalue weighted by atomic mass is 35.5. The number of fused-ring (bicyclic) bond motifs is 1. The van der Waals surface area contributed by atoms with Crippen LogP contribution < -0.4 is 0 Å². The molecule has 2 nitrogen and oxygen atoms in total. The van der Waals surface area contributed by atoms with Crippen LogP contribution in [0.1, 0.15) is 5.82 Å². The van der Waals surface area contributed by atoms with Gasteiger partial charge in [-0.1, -0.05) is 11.6 Å². The van der Waals surface area contributed by atoms with Crippen LogP contribution in [-0.2, 0) is 5.75 Å². The molecule has 13 heavy (non-hydrogen) atoms. The lowest BCUT2D eigenvalue weighted by Gasteiger charge is -1.88. The number of H-pyrrole nitrogens is 1. The summed E-state index contributed by atoms with van der Waals surface area (Å²) < 4.78 is 0. The highest BCUT2D eigenvalue weighted by Gasteiger charge is 2.01. The molecular formula is C9H9ClN2S. The first kappa shape index (κ1) is 8.91. The molecule has 1 N–H and O–H groups in total. The second-order valence-electron chi connectivity index (χ2n) is 2.78. The number of hydrogen-bond donors (Lipinski definition) is 1. The minimum atomic E-state index is 0.742. The van der Waals surface area contributed by atoms with Crippen molar-refractivity contribution in [2.45, 2.75) is 5.75 Å². The summed E-state index contributed by atoms with van der Waals surface area (Å²) in [5, 5.41) is 0.742. The Labute approximate surface area is 85.7 Å². The zero-order valence-electron chi connectivity index (χ0n) is 7.17.